The number of carbonyl (C=O) groups excluding carboxylic acids is 5. The van der Waals surface area contributed by atoms with Crippen molar-refractivity contribution in [3.63, 3.8) is 0 Å². The molecule has 5 amide bonds. The number of ether oxygens (including phenoxy) is 8. The lowest BCUT2D eigenvalue weighted by Crippen LogP contribution is -2.54. The van der Waals surface area contributed by atoms with E-state index in [1.165, 1.54) is 6.07 Å². The number of benzene rings is 1. The van der Waals surface area contributed by atoms with Crippen molar-refractivity contribution in [1.82, 2.24) is 10.2 Å². The lowest BCUT2D eigenvalue weighted by atomic mass is 10.0. The average Bonchev–Trinajstić information content (AvgIpc) is 3.37. The highest BCUT2D eigenvalue weighted by molar-refractivity contribution is 6.26. The van der Waals surface area contributed by atoms with Crippen molar-refractivity contribution in [2.75, 3.05) is 104 Å². The maximum Gasteiger partial charge on any atom is 0.264 e. The zero-order valence-corrected chi connectivity index (χ0v) is 30.5. The molecule has 2 heterocycles. The first-order valence-corrected chi connectivity index (χ1v) is 18.1. The van der Waals surface area contributed by atoms with E-state index in [4.69, 9.17) is 37.9 Å². The van der Waals surface area contributed by atoms with Crippen molar-refractivity contribution in [3.05, 3.63) is 29.3 Å². The fraction of sp³-hybridized carbons (Fsp3) is 0.694. The van der Waals surface area contributed by atoms with E-state index in [0.717, 1.165) is 17.7 Å². The number of anilines is 1. The molecule has 1 saturated heterocycles. The number of unbranched alkanes of at least 4 members (excludes halogenated alkanes) is 2. The molecule has 16 heteroatoms. The molecule has 1 aromatic rings. The van der Waals surface area contributed by atoms with Crippen LogP contribution >= 0.6 is 0 Å². The van der Waals surface area contributed by atoms with Crippen LogP contribution in [0, 0.1) is 0 Å². The van der Waals surface area contributed by atoms with E-state index in [1.807, 2.05) is 13.8 Å². The molecule has 1 unspecified atom stereocenters. The Labute approximate surface area is 305 Å². The fourth-order valence-corrected chi connectivity index (χ4v) is 5.26. The van der Waals surface area contributed by atoms with E-state index in [1.54, 1.807) is 12.1 Å². The van der Waals surface area contributed by atoms with Crippen LogP contribution in [0.1, 0.15) is 73.1 Å². The Bertz CT molecular complexity index is 1260. The second-order valence-corrected chi connectivity index (χ2v) is 12.2. The second-order valence-electron chi connectivity index (χ2n) is 12.2. The Morgan fingerprint density at radius 3 is 1.75 bits per heavy atom. The van der Waals surface area contributed by atoms with Crippen LogP contribution in [0.4, 0.5) is 5.69 Å². The lowest BCUT2D eigenvalue weighted by molar-refractivity contribution is -0.136. The second kappa shape index (κ2) is 25.6. The third-order valence-electron chi connectivity index (χ3n) is 7.85. The summed E-state index contributed by atoms with van der Waals surface area (Å²) in [5.41, 5.74) is 0.390. The minimum Gasteiger partial charge on any atom is -0.379 e. The number of rotatable bonds is 30. The fourth-order valence-electron chi connectivity index (χ4n) is 5.26. The van der Waals surface area contributed by atoms with Gasteiger partial charge in [-0.2, -0.15) is 0 Å². The molecule has 2 aliphatic heterocycles. The summed E-state index contributed by atoms with van der Waals surface area (Å²) in [5, 5.41) is 4.90. The molecule has 2 aliphatic rings. The van der Waals surface area contributed by atoms with Gasteiger partial charge in [0.2, 0.25) is 17.7 Å². The van der Waals surface area contributed by atoms with Gasteiger partial charge in [-0.15, -0.1) is 0 Å². The first-order valence-electron chi connectivity index (χ1n) is 18.1. The summed E-state index contributed by atoms with van der Waals surface area (Å²) in [6, 6.07) is 3.54. The number of imide groups is 2. The number of nitrogens with zero attached hydrogens (tertiary/aromatic N) is 1. The Morgan fingerprint density at radius 1 is 0.712 bits per heavy atom. The van der Waals surface area contributed by atoms with Gasteiger partial charge in [0.1, 0.15) is 6.04 Å². The molecule has 2 N–H and O–H groups in total. The Kier molecular flexibility index (Phi) is 21.2. The van der Waals surface area contributed by atoms with Crippen LogP contribution < -0.4 is 10.6 Å². The highest BCUT2D eigenvalue weighted by atomic mass is 16.6. The maximum absolute atomic E-state index is 13.2. The van der Waals surface area contributed by atoms with Gasteiger partial charge in [-0.3, -0.25) is 34.2 Å². The van der Waals surface area contributed by atoms with E-state index in [-0.39, 0.29) is 48.1 Å². The normalized spacial score (nSPS) is 15.8. The predicted molar refractivity (Wildman–Crippen MR) is 187 cm³/mol. The highest BCUT2D eigenvalue weighted by Crippen LogP contribution is 2.32. The van der Waals surface area contributed by atoms with Gasteiger partial charge >= 0.3 is 0 Å². The summed E-state index contributed by atoms with van der Waals surface area (Å²) in [7, 11) is 0. The van der Waals surface area contributed by atoms with Gasteiger partial charge in [0.05, 0.1) is 115 Å². The minimum atomic E-state index is -1.07. The number of nitrogens with one attached hydrogen (secondary N) is 2. The van der Waals surface area contributed by atoms with Gasteiger partial charge in [0, 0.05) is 19.4 Å². The summed E-state index contributed by atoms with van der Waals surface area (Å²) in [4.78, 5) is 63.4. The van der Waals surface area contributed by atoms with E-state index in [2.05, 4.69) is 10.6 Å². The third-order valence-corrected chi connectivity index (χ3v) is 7.85. The number of fused-ring (bicyclic) bond motifs is 1. The lowest BCUT2D eigenvalue weighted by Gasteiger charge is -2.27. The summed E-state index contributed by atoms with van der Waals surface area (Å²) in [6.45, 7) is 11.5. The number of piperidine rings is 1. The van der Waals surface area contributed by atoms with Crippen molar-refractivity contribution < 1.29 is 61.9 Å². The molecule has 1 atom stereocenters. The quantitative estimate of drug-likeness (QED) is 0.0865. The zero-order valence-electron chi connectivity index (χ0n) is 30.5. The van der Waals surface area contributed by atoms with Crippen LogP contribution in [-0.4, -0.2) is 146 Å². The van der Waals surface area contributed by atoms with Crippen LogP contribution in [0.25, 0.3) is 0 Å². The predicted octanol–water partition coefficient (Wildman–Crippen LogP) is 2.13. The summed E-state index contributed by atoms with van der Waals surface area (Å²) in [5.74, 6) is -2.70. The molecule has 1 fully saturated rings. The summed E-state index contributed by atoms with van der Waals surface area (Å²) >= 11 is 0. The zero-order chi connectivity index (χ0) is 37.4. The van der Waals surface area contributed by atoms with Crippen LogP contribution in [0.15, 0.2) is 18.2 Å². The van der Waals surface area contributed by atoms with Gasteiger partial charge in [-0.05, 0) is 45.2 Å². The van der Waals surface area contributed by atoms with Crippen LogP contribution in [0.2, 0.25) is 0 Å². The molecule has 0 radical (unpaired) electrons. The van der Waals surface area contributed by atoms with E-state index in [0.29, 0.717) is 106 Å². The first kappa shape index (κ1) is 43.1. The monoisotopic (exact) mass is 737 g/mol. The van der Waals surface area contributed by atoms with Gasteiger partial charge in [0.15, 0.2) is 0 Å². The number of hydrogen-bond acceptors (Lipinski definition) is 13. The smallest absolute Gasteiger partial charge is 0.264 e. The molecule has 0 saturated carbocycles. The topological polar surface area (TPSA) is 186 Å². The average molecular weight is 738 g/mol. The molecule has 3 rings (SSSR count). The molecule has 0 bridgehead atoms. The standard InChI is InChI=1S/C36H55N3O13/c1-27(2)52-26-25-51-24-23-50-22-21-49-20-19-48-18-17-47-16-15-46-14-13-45-12-5-3-4-9-31(40)37-29-8-6-7-28-33(29)36(44)39(35(28)43)30-10-11-32(41)38-34(30)42/h6-8,27,30H,3-5,9-26H2,1-2H3,(H,37,40)(H,38,41,42). The molecule has 292 valence electrons. The van der Waals surface area contributed by atoms with Crippen LogP contribution in [0.5, 0.6) is 0 Å². The molecule has 0 spiro atoms. The van der Waals surface area contributed by atoms with Crippen molar-refractivity contribution in [3.8, 4) is 0 Å². The Balaban J connectivity index is 1.08. The summed E-state index contributed by atoms with van der Waals surface area (Å²) < 4.78 is 43.7. The number of carbonyl (C=O) groups is 5. The van der Waals surface area contributed by atoms with Crippen molar-refractivity contribution >= 4 is 35.2 Å². The number of hydrogen-bond donors (Lipinski definition) is 2. The van der Waals surface area contributed by atoms with E-state index < -0.39 is 29.7 Å². The summed E-state index contributed by atoms with van der Waals surface area (Å²) in [6.07, 6.45) is 2.69. The SMILES string of the molecule is CC(C)OCCOCCOCCOCCOCCOCCOCCOCCCCCC(=O)Nc1cccc2c1C(=O)N(C1CCC(=O)NC1=O)C2=O. The van der Waals surface area contributed by atoms with Crippen molar-refractivity contribution in [2.24, 2.45) is 0 Å². The molecule has 16 nitrogen and oxygen atoms in total. The van der Waals surface area contributed by atoms with Crippen molar-refractivity contribution in [2.45, 2.75) is 64.5 Å². The molecular weight excluding hydrogens is 682 g/mol. The molecule has 0 aromatic heterocycles. The van der Waals surface area contributed by atoms with Crippen LogP contribution in [0.3, 0.4) is 0 Å². The Hall–Kier alpha value is -3.35. The molecular formula is C36H55N3O13. The molecule has 0 aliphatic carbocycles. The Morgan fingerprint density at radius 2 is 1.23 bits per heavy atom. The van der Waals surface area contributed by atoms with Gasteiger partial charge in [0.25, 0.3) is 11.8 Å². The number of amides is 5. The maximum atomic E-state index is 13.2. The highest BCUT2D eigenvalue weighted by Gasteiger charge is 2.45. The van der Waals surface area contributed by atoms with Crippen LogP contribution in [-0.2, 0) is 52.3 Å². The molecule has 52 heavy (non-hydrogen) atoms. The third kappa shape index (κ3) is 16.1. The van der Waals surface area contributed by atoms with Gasteiger partial charge in [-0.1, -0.05) is 12.5 Å². The van der Waals surface area contributed by atoms with Gasteiger partial charge < -0.3 is 43.2 Å². The largest absolute Gasteiger partial charge is 0.379 e. The molecule has 1 aromatic carbocycles. The van der Waals surface area contributed by atoms with Crippen molar-refractivity contribution in [1.29, 1.82) is 0 Å². The van der Waals surface area contributed by atoms with E-state index >= 15 is 0 Å². The minimum absolute atomic E-state index is 0.0309. The first-order chi connectivity index (χ1) is 25.3. The van der Waals surface area contributed by atoms with Gasteiger partial charge in [-0.25, -0.2) is 0 Å². The van der Waals surface area contributed by atoms with E-state index in [9.17, 15) is 24.0 Å².